The maximum absolute atomic E-state index is 9.75. The molecule has 35 heavy (non-hydrogen) atoms. The van der Waals surface area contributed by atoms with Crippen LogP contribution in [0.5, 0.6) is 0 Å². The number of benzene rings is 3. The molecule has 0 spiro atoms. The normalized spacial score (nSPS) is 10.9. The molecule has 0 saturated heterocycles. The van der Waals surface area contributed by atoms with Gasteiger partial charge in [-0.15, -0.1) is 0 Å². The lowest BCUT2D eigenvalue weighted by Gasteiger charge is -2.12. The molecule has 0 amide bonds. The minimum absolute atomic E-state index is 1.09. The van der Waals surface area contributed by atoms with Crippen LogP contribution in [-0.2, 0) is 0 Å². The quantitative estimate of drug-likeness (QED) is 0.149. The van der Waals surface area contributed by atoms with Crippen LogP contribution in [0.4, 0.5) is 17.3 Å². The highest BCUT2D eigenvalue weighted by atomic mass is 19.5. The smallest absolute Gasteiger partial charge is 0.418 e. The summed E-state index contributed by atoms with van der Waals surface area (Å²) >= 11 is 0. The van der Waals surface area contributed by atoms with Crippen LogP contribution in [0.1, 0.15) is 0 Å². The Morgan fingerprint density at radius 2 is 0.857 bits per heavy atom. The number of hydrogen-bond acceptors (Lipinski definition) is 1. The summed E-state index contributed by atoms with van der Waals surface area (Å²) in [5.74, 6) is 0. The van der Waals surface area contributed by atoms with Crippen molar-refractivity contribution in [3.05, 3.63) is 128 Å². The molecule has 0 atom stereocenters. The van der Waals surface area contributed by atoms with E-state index < -0.39 is 7.25 Å². The third-order valence-electron chi connectivity index (χ3n) is 5.23. The highest BCUT2D eigenvalue weighted by Gasteiger charge is 2.24. The molecular formula is C28H21BF4N2. The van der Waals surface area contributed by atoms with Crippen LogP contribution < -0.4 is 4.57 Å². The van der Waals surface area contributed by atoms with Gasteiger partial charge in [-0.1, -0.05) is 66.7 Å². The number of aromatic nitrogens is 2. The van der Waals surface area contributed by atoms with Crippen molar-refractivity contribution in [2.45, 2.75) is 0 Å². The van der Waals surface area contributed by atoms with Gasteiger partial charge in [-0.05, 0) is 35.4 Å². The van der Waals surface area contributed by atoms with E-state index in [0.717, 1.165) is 17.1 Å². The molecule has 0 radical (unpaired) electrons. The summed E-state index contributed by atoms with van der Waals surface area (Å²) in [5.41, 5.74) is 8.10. The van der Waals surface area contributed by atoms with E-state index in [4.69, 9.17) is 0 Å². The lowest BCUT2D eigenvalue weighted by atomic mass is 9.98. The van der Waals surface area contributed by atoms with Crippen molar-refractivity contribution >= 4 is 7.25 Å². The number of pyridine rings is 2. The Bertz CT molecular complexity index is 1300. The Kier molecular flexibility index (Phi) is 7.36. The lowest BCUT2D eigenvalue weighted by Crippen LogP contribution is -2.36. The second-order valence-electron chi connectivity index (χ2n) is 7.65. The van der Waals surface area contributed by atoms with E-state index in [0.29, 0.717) is 0 Å². The maximum Gasteiger partial charge on any atom is 0.673 e. The Hall–Kier alpha value is -4.26. The fourth-order valence-corrected chi connectivity index (χ4v) is 3.81. The van der Waals surface area contributed by atoms with E-state index in [9.17, 15) is 17.3 Å². The van der Waals surface area contributed by atoms with E-state index in [1.165, 1.54) is 22.3 Å². The summed E-state index contributed by atoms with van der Waals surface area (Å²) in [4.78, 5) is 4.23. The van der Waals surface area contributed by atoms with Crippen LogP contribution in [0.15, 0.2) is 128 Å². The molecule has 3 aromatic carbocycles. The summed E-state index contributed by atoms with van der Waals surface area (Å²) in [7, 11) is -6.00. The van der Waals surface area contributed by atoms with Crippen molar-refractivity contribution in [1.29, 1.82) is 0 Å². The van der Waals surface area contributed by atoms with Gasteiger partial charge < -0.3 is 17.3 Å². The van der Waals surface area contributed by atoms with Crippen molar-refractivity contribution in [2.24, 2.45) is 0 Å². The van der Waals surface area contributed by atoms with Crippen LogP contribution in [0.25, 0.3) is 39.3 Å². The second kappa shape index (κ2) is 10.8. The molecular weight excluding hydrogens is 451 g/mol. The maximum atomic E-state index is 9.75. The Morgan fingerprint density at radius 3 is 1.26 bits per heavy atom. The molecule has 0 aliphatic rings. The highest BCUT2D eigenvalue weighted by molar-refractivity contribution is 6.50. The molecule has 2 aromatic heterocycles. The molecule has 0 saturated carbocycles. The van der Waals surface area contributed by atoms with E-state index in [1.807, 2.05) is 12.4 Å². The van der Waals surface area contributed by atoms with Crippen molar-refractivity contribution in [3.63, 3.8) is 0 Å². The monoisotopic (exact) mass is 472 g/mol. The van der Waals surface area contributed by atoms with Crippen LogP contribution >= 0.6 is 0 Å². The molecule has 2 nitrogen and oxygen atoms in total. The van der Waals surface area contributed by atoms with Gasteiger partial charge in [0.1, 0.15) is 0 Å². The summed E-state index contributed by atoms with van der Waals surface area (Å²) in [6.07, 6.45) is 3.69. The van der Waals surface area contributed by atoms with E-state index >= 15 is 0 Å². The number of hydrogen-bond donors (Lipinski definition) is 0. The first-order chi connectivity index (χ1) is 16.9. The molecule has 174 valence electrons. The topological polar surface area (TPSA) is 16.8 Å². The number of halogens is 4. The van der Waals surface area contributed by atoms with Gasteiger partial charge in [-0.25, -0.2) is 0 Å². The number of rotatable bonds is 4. The second-order valence-corrected chi connectivity index (χ2v) is 7.65. The van der Waals surface area contributed by atoms with Gasteiger partial charge in [-0.3, -0.25) is 4.98 Å². The van der Waals surface area contributed by atoms with E-state index in [1.54, 1.807) is 0 Å². The Morgan fingerprint density at radius 1 is 0.486 bits per heavy atom. The minimum atomic E-state index is -6.00. The van der Waals surface area contributed by atoms with Crippen molar-refractivity contribution < 1.29 is 21.8 Å². The molecule has 0 aliphatic heterocycles. The molecule has 0 unspecified atom stereocenters. The first kappa shape index (κ1) is 23.9. The molecule has 0 fully saturated rings. The largest absolute Gasteiger partial charge is 0.673 e. The predicted molar refractivity (Wildman–Crippen MR) is 132 cm³/mol. The van der Waals surface area contributed by atoms with Crippen LogP contribution in [0.3, 0.4) is 0 Å². The summed E-state index contributed by atoms with van der Waals surface area (Å²) in [6, 6.07) is 40.3. The average molecular weight is 472 g/mol. The van der Waals surface area contributed by atoms with Gasteiger partial charge in [-0.2, -0.15) is 4.57 Å². The SMILES string of the molecule is F[B-](F)(F)F.c1ccc(-c2cc(-c3ccccc3)[n+](-c3ccncc3)c(-c3ccccc3)c2)cc1. The first-order valence-corrected chi connectivity index (χ1v) is 10.9. The van der Waals surface area contributed by atoms with E-state index in [-0.39, 0.29) is 0 Å². The first-order valence-electron chi connectivity index (χ1n) is 10.9. The summed E-state index contributed by atoms with van der Waals surface area (Å²) < 4.78 is 41.3. The lowest BCUT2D eigenvalue weighted by molar-refractivity contribution is -0.572. The standard InChI is InChI=1S/C28H21N2.BF4/c1-4-10-22(11-5-1)25-20-27(23-12-6-2-7-13-23)30(26-16-18-29-19-17-26)28(21-25)24-14-8-3-9-15-24;2-1(3,4)5/h1-21H;/q+1;-1. The van der Waals surface area contributed by atoms with E-state index in [2.05, 4.69) is 125 Å². The molecule has 5 rings (SSSR count). The average Bonchev–Trinajstić information content (AvgIpc) is 2.89. The third-order valence-corrected chi connectivity index (χ3v) is 5.23. The van der Waals surface area contributed by atoms with Gasteiger partial charge in [0.15, 0.2) is 0 Å². The molecule has 5 aromatic rings. The molecule has 0 N–H and O–H groups in total. The van der Waals surface area contributed by atoms with Crippen LogP contribution in [0, 0.1) is 0 Å². The predicted octanol–water partition coefficient (Wildman–Crippen LogP) is 7.66. The Balaban J connectivity index is 0.000000527. The van der Waals surface area contributed by atoms with Gasteiger partial charge in [0.2, 0.25) is 17.1 Å². The molecule has 7 heteroatoms. The summed E-state index contributed by atoms with van der Waals surface area (Å²) in [6.45, 7) is 0. The Labute approximate surface area is 201 Å². The zero-order valence-corrected chi connectivity index (χ0v) is 18.6. The highest BCUT2D eigenvalue weighted by Crippen LogP contribution is 2.30. The molecule has 0 aliphatic carbocycles. The van der Waals surface area contributed by atoms with Crippen LogP contribution in [0.2, 0.25) is 0 Å². The van der Waals surface area contributed by atoms with Crippen molar-refractivity contribution in [2.75, 3.05) is 0 Å². The summed E-state index contributed by atoms with van der Waals surface area (Å²) in [5, 5.41) is 0. The molecule has 2 heterocycles. The minimum Gasteiger partial charge on any atom is -0.418 e. The van der Waals surface area contributed by atoms with Gasteiger partial charge >= 0.3 is 7.25 Å². The van der Waals surface area contributed by atoms with Crippen molar-refractivity contribution in [3.8, 4) is 39.3 Å². The van der Waals surface area contributed by atoms with Gasteiger partial charge in [0, 0.05) is 47.8 Å². The zero-order chi connectivity index (χ0) is 24.7. The van der Waals surface area contributed by atoms with Crippen molar-refractivity contribution in [1.82, 2.24) is 4.98 Å². The fraction of sp³-hybridized carbons (Fsp3) is 0. The zero-order valence-electron chi connectivity index (χ0n) is 18.6. The van der Waals surface area contributed by atoms with Gasteiger partial charge in [0.25, 0.3) is 0 Å². The molecule has 0 bridgehead atoms. The third kappa shape index (κ3) is 6.41. The fourth-order valence-electron chi connectivity index (χ4n) is 3.81. The van der Waals surface area contributed by atoms with Crippen LogP contribution in [-0.4, -0.2) is 12.2 Å². The van der Waals surface area contributed by atoms with Gasteiger partial charge in [0.05, 0.1) is 0 Å². The number of nitrogens with zero attached hydrogens (tertiary/aromatic N) is 2.